The van der Waals surface area contributed by atoms with Gasteiger partial charge in [0.05, 0.1) is 7.11 Å². The molecular formula is C20H20N2O4. The van der Waals surface area contributed by atoms with Crippen molar-refractivity contribution in [3.05, 3.63) is 70.8 Å². The molecule has 0 spiro atoms. The second-order valence-corrected chi connectivity index (χ2v) is 6.31. The van der Waals surface area contributed by atoms with Crippen molar-refractivity contribution in [3.8, 4) is 0 Å². The van der Waals surface area contributed by atoms with Gasteiger partial charge in [0, 0.05) is 0 Å². The molecule has 0 saturated carbocycles. The third-order valence-electron chi connectivity index (χ3n) is 4.77. The van der Waals surface area contributed by atoms with Crippen LogP contribution in [-0.2, 0) is 19.9 Å². The van der Waals surface area contributed by atoms with Crippen LogP contribution in [0.3, 0.4) is 0 Å². The molecule has 6 heteroatoms. The van der Waals surface area contributed by atoms with Crippen molar-refractivity contribution in [2.75, 3.05) is 13.7 Å². The van der Waals surface area contributed by atoms with E-state index < -0.39 is 30.0 Å². The summed E-state index contributed by atoms with van der Waals surface area (Å²) < 4.78 is 4.61. The Bertz CT molecular complexity index is 879. The normalized spacial score (nSPS) is 19.4. The molecule has 1 atom stereocenters. The lowest BCUT2D eigenvalue weighted by atomic mass is 9.81. The van der Waals surface area contributed by atoms with Gasteiger partial charge in [0.15, 0.2) is 5.54 Å². The maximum atomic E-state index is 13.3. The molecule has 1 heterocycles. The molecule has 0 unspecified atom stereocenters. The summed E-state index contributed by atoms with van der Waals surface area (Å²) >= 11 is 0. The fourth-order valence-corrected chi connectivity index (χ4v) is 3.13. The van der Waals surface area contributed by atoms with Gasteiger partial charge in [0.1, 0.15) is 6.54 Å². The zero-order valence-corrected chi connectivity index (χ0v) is 14.9. The maximum Gasteiger partial charge on any atom is 0.326 e. The van der Waals surface area contributed by atoms with E-state index in [1.165, 1.54) is 7.11 Å². The summed E-state index contributed by atoms with van der Waals surface area (Å²) in [6.45, 7) is 3.50. The van der Waals surface area contributed by atoms with E-state index in [9.17, 15) is 14.4 Å². The monoisotopic (exact) mass is 352 g/mol. The lowest BCUT2D eigenvalue weighted by Crippen LogP contribution is -2.45. The molecule has 1 fully saturated rings. The molecule has 0 aromatic heterocycles. The van der Waals surface area contributed by atoms with Crippen LogP contribution in [0, 0.1) is 13.8 Å². The van der Waals surface area contributed by atoms with Gasteiger partial charge < -0.3 is 10.1 Å². The molecule has 2 aromatic carbocycles. The van der Waals surface area contributed by atoms with Crippen LogP contribution in [0.1, 0.15) is 22.3 Å². The Morgan fingerprint density at radius 3 is 2.35 bits per heavy atom. The number of methoxy groups -OCH3 is 1. The van der Waals surface area contributed by atoms with Crippen LogP contribution >= 0.6 is 0 Å². The van der Waals surface area contributed by atoms with Crippen molar-refractivity contribution in [1.82, 2.24) is 10.2 Å². The van der Waals surface area contributed by atoms with Crippen molar-refractivity contribution >= 4 is 17.9 Å². The molecule has 1 saturated heterocycles. The lowest BCUT2D eigenvalue weighted by molar-refractivity contribution is -0.145. The van der Waals surface area contributed by atoms with Gasteiger partial charge in [-0.15, -0.1) is 0 Å². The third kappa shape index (κ3) is 2.73. The number of carbonyl (C=O) groups excluding carboxylic acids is 3. The van der Waals surface area contributed by atoms with Gasteiger partial charge >= 0.3 is 12.0 Å². The third-order valence-corrected chi connectivity index (χ3v) is 4.77. The first-order chi connectivity index (χ1) is 12.4. The van der Waals surface area contributed by atoms with Crippen LogP contribution in [0.2, 0.25) is 0 Å². The largest absolute Gasteiger partial charge is 0.468 e. The number of aryl methyl sites for hydroxylation is 2. The summed E-state index contributed by atoms with van der Waals surface area (Å²) in [5, 5.41) is 2.81. The maximum absolute atomic E-state index is 13.3. The molecular weight excluding hydrogens is 332 g/mol. The van der Waals surface area contributed by atoms with Crippen LogP contribution < -0.4 is 5.32 Å². The Morgan fingerprint density at radius 1 is 1.04 bits per heavy atom. The van der Waals surface area contributed by atoms with E-state index in [-0.39, 0.29) is 0 Å². The Morgan fingerprint density at radius 2 is 1.73 bits per heavy atom. The second kappa shape index (κ2) is 6.63. The lowest BCUT2D eigenvalue weighted by Gasteiger charge is -2.28. The highest BCUT2D eigenvalue weighted by Crippen LogP contribution is 2.36. The minimum Gasteiger partial charge on any atom is -0.468 e. The van der Waals surface area contributed by atoms with Gasteiger partial charge in [-0.2, -0.15) is 0 Å². The van der Waals surface area contributed by atoms with Gasteiger partial charge in [-0.05, 0) is 36.1 Å². The predicted octanol–water partition coefficient (Wildman–Crippen LogP) is 2.27. The van der Waals surface area contributed by atoms with Crippen LogP contribution in [0.25, 0.3) is 0 Å². The number of amides is 3. The average Bonchev–Trinajstić information content (AvgIpc) is 2.90. The Labute approximate surface area is 151 Å². The molecule has 6 nitrogen and oxygen atoms in total. The molecule has 0 radical (unpaired) electrons. The zero-order chi connectivity index (χ0) is 18.9. The summed E-state index contributed by atoms with van der Waals surface area (Å²) in [5.41, 5.74) is 2.00. The van der Waals surface area contributed by atoms with Crippen LogP contribution in [0.4, 0.5) is 4.79 Å². The van der Waals surface area contributed by atoms with E-state index in [1.54, 1.807) is 24.3 Å². The molecule has 0 bridgehead atoms. The van der Waals surface area contributed by atoms with E-state index in [0.717, 1.165) is 16.0 Å². The smallest absolute Gasteiger partial charge is 0.326 e. The number of imide groups is 1. The number of esters is 1. The fourth-order valence-electron chi connectivity index (χ4n) is 3.13. The van der Waals surface area contributed by atoms with Crippen molar-refractivity contribution in [1.29, 1.82) is 0 Å². The topological polar surface area (TPSA) is 75.7 Å². The zero-order valence-electron chi connectivity index (χ0n) is 14.9. The van der Waals surface area contributed by atoms with E-state index in [0.29, 0.717) is 11.1 Å². The van der Waals surface area contributed by atoms with Crippen LogP contribution in [0.5, 0.6) is 0 Å². The quantitative estimate of drug-likeness (QED) is 0.677. The Kier molecular flexibility index (Phi) is 4.50. The number of benzene rings is 2. The van der Waals surface area contributed by atoms with Crippen LogP contribution in [0.15, 0.2) is 48.5 Å². The summed E-state index contributed by atoms with van der Waals surface area (Å²) in [5.74, 6) is -1.15. The molecule has 3 amide bonds. The number of rotatable bonds is 4. The number of nitrogens with zero attached hydrogens (tertiary/aromatic N) is 1. The summed E-state index contributed by atoms with van der Waals surface area (Å²) in [7, 11) is 1.22. The second-order valence-electron chi connectivity index (χ2n) is 6.31. The molecule has 134 valence electrons. The van der Waals surface area contributed by atoms with E-state index in [2.05, 4.69) is 10.1 Å². The molecule has 1 N–H and O–H groups in total. The highest BCUT2D eigenvalue weighted by Gasteiger charge is 2.54. The minimum absolute atomic E-state index is 0.430. The molecule has 3 rings (SSSR count). The highest BCUT2D eigenvalue weighted by atomic mass is 16.5. The van der Waals surface area contributed by atoms with Gasteiger partial charge in [0.2, 0.25) is 0 Å². The number of urea groups is 1. The summed E-state index contributed by atoms with van der Waals surface area (Å²) in [4.78, 5) is 38.4. The van der Waals surface area contributed by atoms with E-state index in [4.69, 9.17) is 0 Å². The first kappa shape index (κ1) is 17.7. The van der Waals surface area contributed by atoms with Crippen molar-refractivity contribution in [2.24, 2.45) is 0 Å². The van der Waals surface area contributed by atoms with E-state index in [1.807, 2.05) is 38.1 Å². The van der Waals surface area contributed by atoms with E-state index >= 15 is 0 Å². The van der Waals surface area contributed by atoms with Gasteiger partial charge in [-0.25, -0.2) is 4.79 Å². The first-order valence-corrected chi connectivity index (χ1v) is 8.24. The summed E-state index contributed by atoms with van der Waals surface area (Å²) in [6, 6.07) is 14.0. The fraction of sp³-hybridized carbons (Fsp3) is 0.250. The molecule has 1 aliphatic rings. The predicted molar refractivity (Wildman–Crippen MR) is 95.4 cm³/mol. The van der Waals surface area contributed by atoms with Crippen molar-refractivity contribution < 1.29 is 19.1 Å². The van der Waals surface area contributed by atoms with Gasteiger partial charge in [0.25, 0.3) is 5.91 Å². The number of hydrogen-bond acceptors (Lipinski definition) is 4. The van der Waals surface area contributed by atoms with Crippen molar-refractivity contribution in [3.63, 3.8) is 0 Å². The molecule has 2 aromatic rings. The highest BCUT2D eigenvalue weighted by molar-refractivity contribution is 6.11. The van der Waals surface area contributed by atoms with Gasteiger partial charge in [-0.3, -0.25) is 14.5 Å². The average molecular weight is 352 g/mol. The molecule has 1 aliphatic heterocycles. The number of hydrogen-bond donors (Lipinski definition) is 1. The SMILES string of the molecule is COC(=O)CN1C(=O)N[C@](c2ccccc2)(c2ccc(C)c(C)c2)C1=O. The first-order valence-electron chi connectivity index (χ1n) is 8.24. The molecule has 26 heavy (non-hydrogen) atoms. The van der Waals surface area contributed by atoms with Gasteiger partial charge in [-0.1, -0.05) is 48.5 Å². The summed E-state index contributed by atoms with van der Waals surface area (Å²) in [6.07, 6.45) is 0. The minimum atomic E-state index is -1.37. The Balaban J connectivity index is 2.17. The number of nitrogens with one attached hydrogen (secondary N) is 1. The van der Waals surface area contributed by atoms with Crippen LogP contribution in [-0.4, -0.2) is 36.5 Å². The number of ether oxygens (including phenoxy) is 1. The van der Waals surface area contributed by atoms with Crippen molar-refractivity contribution in [2.45, 2.75) is 19.4 Å². The Hall–Kier alpha value is -3.15. The standard InChI is InChI=1S/C20H20N2O4/c1-13-9-10-16(11-14(13)2)20(15-7-5-4-6-8-15)18(24)22(19(25)21-20)12-17(23)26-3/h4-11H,12H2,1-3H3,(H,21,25)/t20-/m1/s1. The number of carbonyl (C=O) groups is 3. The molecule has 0 aliphatic carbocycles.